The van der Waals surface area contributed by atoms with Crippen molar-refractivity contribution < 1.29 is 22.7 Å². The van der Waals surface area contributed by atoms with Crippen LogP contribution in [-0.2, 0) is 6.61 Å². The number of halogens is 3. The van der Waals surface area contributed by atoms with Gasteiger partial charge < -0.3 is 10.5 Å². The molecule has 8 heteroatoms. The molecule has 2 N–H and O–H groups in total. The molecule has 0 spiro atoms. The van der Waals surface area contributed by atoms with Crippen molar-refractivity contribution in [2.24, 2.45) is 5.73 Å². The van der Waals surface area contributed by atoms with Crippen LogP contribution in [0.1, 0.15) is 15.4 Å². The number of aromatic nitrogens is 1. The van der Waals surface area contributed by atoms with Gasteiger partial charge >= 0.3 is 0 Å². The molecule has 25 heavy (non-hydrogen) atoms. The van der Waals surface area contributed by atoms with Crippen LogP contribution in [0.25, 0.3) is 11.3 Å². The number of carbonyl (C=O) groups is 1. The third-order valence-corrected chi connectivity index (χ3v) is 4.17. The van der Waals surface area contributed by atoms with Gasteiger partial charge in [0, 0.05) is 10.9 Å². The van der Waals surface area contributed by atoms with Crippen molar-refractivity contribution in [1.82, 2.24) is 4.98 Å². The molecule has 3 rings (SSSR count). The number of rotatable bonds is 5. The Morgan fingerprint density at radius 2 is 1.84 bits per heavy atom. The van der Waals surface area contributed by atoms with E-state index in [1.807, 2.05) is 0 Å². The number of hydrogen-bond donors (Lipinski definition) is 1. The summed E-state index contributed by atoms with van der Waals surface area (Å²) in [5.41, 5.74) is 5.47. The van der Waals surface area contributed by atoms with Crippen molar-refractivity contribution >= 4 is 17.2 Å². The van der Waals surface area contributed by atoms with Gasteiger partial charge in [0.15, 0.2) is 11.6 Å². The number of nitrogens with zero attached hydrogens (tertiary/aromatic N) is 1. The lowest BCUT2D eigenvalue weighted by molar-refractivity contribution is 0.0991. The van der Waals surface area contributed by atoms with Crippen molar-refractivity contribution in [3.63, 3.8) is 0 Å². The molecule has 128 valence electrons. The highest BCUT2D eigenvalue weighted by atomic mass is 32.1. The number of ether oxygens (including phenoxy) is 1. The Kier molecular flexibility index (Phi) is 4.71. The van der Waals surface area contributed by atoms with E-state index in [9.17, 15) is 18.0 Å². The zero-order chi connectivity index (χ0) is 18.0. The van der Waals surface area contributed by atoms with E-state index in [2.05, 4.69) is 4.98 Å². The zero-order valence-electron chi connectivity index (χ0n) is 12.6. The van der Waals surface area contributed by atoms with Gasteiger partial charge in [-0.05, 0) is 36.4 Å². The highest BCUT2D eigenvalue weighted by molar-refractivity contribution is 7.09. The molecule has 0 bridgehead atoms. The summed E-state index contributed by atoms with van der Waals surface area (Å²) < 4.78 is 45.7. The Balaban J connectivity index is 1.76. The fourth-order valence-corrected chi connectivity index (χ4v) is 2.86. The van der Waals surface area contributed by atoms with Crippen molar-refractivity contribution in [3.8, 4) is 17.0 Å². The maximum absolute atomic E-state index is 14.1. The summed E-state index contributed by atoms with van der Waals surface area (Å²) in [4.78, 5) is 15.4. The van der Waals surface area contributed by atoms with Crippen LogP contribution >= 0.6 is 11.3 Å². The third kappa shape index (κ3) is 3.63. The molecule has 0 radical (unpaired) electrons. The van der Waals surface area contributed by atoms with Gasteiger partial charge in [-0.2, -0.15) is 0 Å². The predicted octanol–water partition coefficient (Wildman–Crippen LogP) is 3.91. The van der Waals surface area contributed by atoms with Crippen molar-refractivity contribution in [2.45, 2.75) is 6.61 Å². The second-order valence-electron chi connectivity index (χ2n) is 5.02. The molecule has 0 fully saturated rings. The minimum absolute atomic E-state index is 0.0768. The summed E-state index contributed by atoms with van der Waals surface area (Å²) in [6.45, 7) is -0.0768. The molecule has 1 amide bonds. The van der Waals surface area contributed by atoms with E-state index in [4.69, 9.17) is 10.5 Å². The summed E-state index contributed by atoms with van der Waals surface area (Å²) >= 11 is 1.27. The van der Waals surface area contributed by atoms with Crippen LogP contribution in [0.5, 0.6) is 5.75 Å². The summed E-state index contributed by atoms with van der Waals surface area (Å²) in [5, 5.41) is 2.28. The fraction of sp³-hybridized carbons (Fsp3) is 0.0588. The normalized spacial score (nSPS) is 10.7. The lowest BCUT2D eigenvalue weighted by atomic mass is 10.1. The minimum Gasteiger partial charge on any atom is -0.483 e. The van der Waals surface area contributed by atoms with Gasteiger partial charge in [0.1, 0.15) is 28.8 Å². The second kappa shape index (κ2) is 6.94. The van der Waals surface area contributed by atoms with E-state index < -0.39 is 23.1 Å². The molecule has 0 aliphatic rings. The molecule has 0 saturated heterocycles. The number of nitrogens with two attached hydrogens (primary N) is 1. The molecular formula is C17H11F3N2O2S. The Bertz CT molecular complexity index is 926. The number of amides is 1. The molecule has 1 aromatic heterocycles. The van der Waals surface area contributed by atoms with Gasteiger partial charge in [-0.15, -0.1) is 11.3 Å². The third-order valence-electron chi connectivity index (χ3n) is 3.34. The lowest BCUT2D eigenvalue weighted by Crippen LogP contribution is -2.16. The zero-order valence-corrected chi connectivity index (χ0v) is 13.4. The van der Waals surface area contributed by atoms with E-state index >= 15 is 0 Å². The number of primary amides is 1. The first-order chi connectivity index (χ1) is 12.0. The van der Waals surface area contributed by atoms with Crippen molar-refractivity contribution in [1.29, 1.82) is 0 Å². The Hall–Kier alpha value is -2.87. The number of carbonyl (C=O) groups excluding carboxylic acids is 1. The van der Waals surface area contributed by atoms with E-state index in [0.717, 1.165) is 17.7 Å². The summed E-state index contributed by atoms with van der Waals surface area (Å²) in [6, 6.07) is 7.81. The van der Waals surface area contributed by atoms with Gasteiger partial charge in [0.05, 0.1) is 5.69 Å². The Morgan fingerprint density at radius 1 is 1.12 bits per heavy atom. The van der Waals surface area contributed by atoms with Crippen LogP contribution in [0.4, 0.5) is 13.2 Å². The standard InChI is InChI=1S/C17H11F3N2O2S/c18-10-3-1-9(2-4-10)12-8-25-14(22-12)7-24-13-6-5-11(19)15(16(13)20)17(21)23/h1-6,8H,7H2,(H2,21,23). The molecule has 4 nitrogen and oxygen atoms in total. The summed E-state index contributed by atoms with van der Waals surface area (Å²) in [6.07, 6.45) is 0. The predicted molar refractivity (Wildman–Crippen MR) is 86.7 cm³/mol. The van der Waals surface area contributed by atoms with Crippen LogP contribution in [-0.4, -0.2) is 10.9 Å². The smallest absolute Gasteiger partial charge is 0.254 e. The Labute approximate surface area is 144 Å². The lowest BCUT2D eigenvalue weighted by Gasteiger charge is -2.08. The van der Waals surface area contributed by atoms with Gasteiger partial charge in [-0.3, -0.25) is 4.79 Å². The quantitative estimate of drug-likeness (QED) is 0.747. The molecule has 1 heterocycles. The number of thiazole rings is 1. The average Bonchev–Trinajstić information content (AvgIpc) is 3.03. The minimum atomic E-state index is -1.21. The highest BCUT2D eigenvalue weighted by Gasteiger charge is 2.19. The number of hydrogen-bond acceptors (Lipinski definition) is 4. The van der Waals surface area contributed by atoms with Crippen molar-refractivity contribution in [2.75, 3.05) is 0 Å². The van der Waals surface area contributed by atoms with E-state index in [0.29, 0.717) is 10.7 Å². The monoisotopic (exact) mass is 364 g/mol. The maximum atomic E-state index is 14.1. The van der Waals surface area contributed by atoms with Crippen LogP contribution in [0.3, 0.4) is 0 Å². The van der Waals surface area contributed by atoms with E-state index in [-0.39, 0.29) is 18.2 Å². The first kappa shape index (κ1) is 17.0. The van der Waals surface area contributed by atoms with Crippen LogP contribution in [0.2, 0.25) is 0 Å². The van der Waals surface area contributed by atoms with Gasteiger partial charge in [0.2, 0.25) is 0 Å². The fourth-order valence-electron chi connectivity index (χ4n) is 2.14. The Morgan fingerprint density at radius 3 is 2.52 bits per heavy atom. The molecule has 0 aliphatic carbocycles. The van der Waals surface area contributed by atoms with Crippen LogP contribution < -0.4 is 10.5 Å². The summed E-state index contributed by atoms with van der Waals surface area (Å²) in [5.74, 6) is -4.06. The molecule has 3 aromatic rings. The molecule has 2 aromatic carbocycles. The molecule has 0 saturated carbocycles. The molecular weight excluding hydrogens is 353 g/mol. The number of benzene rings is 2. The van der Waals surface area contributed by atoms with Gasteiger partial charge in [0.25, 0.3) is 5.91 Å². The first-order valence-electron chi connectivity index (χ1n) is 7.06. The van der Waals surface area contributed by atoms with E-state index in [1.165, 1.54) is 23.5 Å². The molecule has 0 atom stereocenters. The molecule has 0 unspecified atom stereocenters. The van der Waals surface area contributed by atoms with Gasteiger partial charge in [-0.1, -0.05) is 0 Å². The topological polar surface area (TPSA) is 65.2 Å². The van der Waals surface area contributed by atoms with Crippen LogP contribution in [0, 0.1) is 17.5 Å². The summed E-state index contributed by atoms with van der Waals surface area (Å²) in [7, 11) is 0. The molecule has 0 aliphatic heterocycles. The average molecular weight is 364 g/mol. The second-order valence-corrected chi connectivity index (χ2v) is 5.96. The maximum Gasteiger partial charge on any atom is 0.254 e. The van der Waals surface area contributed by atoms with Crippen molar-refractivity contribution in [3.05, 3.63) is 69.8 Å². The SMILES string of the molecule is NC(=O)c1c(F)ccc(OCc2nc(-c3ccc(F)cc3)cs2)c1F. The van der Waals surface area contributed by atoms with Crippen LogP contribution in [0.15, 0.2) is 41.8 Å². The van der Waals surface area contributed by atoms with Gasteiger partial charge in [-0.25, -0.2) is 18.2 Å². The largest absolute Gasteiger partial charge is 0.483 e. The highest BCUT2D eigenvalue weighted by Crippen LogP contribution is 2.26. The first-order valence-corrected chi connectivity index (χ1v) is 7.94. The van der Waals surface area contributed by atoms with E-state index in [1.54, 1.807) is 17.5 Å².